The predicted octanol–water partition coefficient (Wildman–Crippen LogP) is 3.23. The van der Waals surface area contributed by atoms with Crippen molar-refractivity contribution in [2.24, 2.45) is 0 Å². The van der Waals surface area contributed by atoms with E-state index in [4.69, 9.17) is 4.74 Å². The van der Waals surface area contributed by atoms with Gasteiger partial charge < -0.3 is 9.47 Å². The molecule has 0 N–H and O–H groups in total. The van der Waals surface area contributed by atoms with Gasteiger partial charge in [0.05, 0.1) is 7.11 Å². The molecule has 4 heteroatoms. The molecule has 0 aliphatic heterocycles. The minimum Gasteiger partial charge on any atom is -0.466 e. The lowest BCUT2D eigenvalue weighted by molar-refractivity contribution is -0.166. The highest BCUT2D eigenvalue weighted by atomic mass is 16.6. The lowest BCUT2D eigenvalue weighted by atomic mass is 10.1. The Balaban J connectivity index is 3.99. The van der Waals surface area contributed by atoms with E-state index in [0.29, 0.717) is 12.8 Å². The van der Waals surface area contributed by atoms with Gasteiger partial charge in [-0.05, 0) is 19.3 Å². The molecule has 4 nitrogen and oxygen atoms in total. The average molecular weight is 258 g/mol. The summed E-state index contributed by atoms with van der Waals surface area (Å²) < 4.78 is 9.79. The summed E-state index contributed by atoms with van der Waals surface area (Å²) in [5.41, 5.74) is 0. The third kappa shape index (κ3) is 8.09. The van der Waals surface area contributed by atoms with Crippen molar-refractivity contribution in [3.8, 4) is 0 Å². The molecule has 0 aliphatic rings. The fourth-order valence-corrected chi connectivity index (χ4v) is 1.71. The van der Waals surface area contributed by atoms with Crippen LogP contribution >= 0.6 is 0 Å². The van der Waals surface area contributed by atoms with Gasteiger partial charge in [0.2, 0.25) is 0 Å². The molecule has 0 spiro atoms. The highest BCUT2D eigenvalue weighted by Gasteiger charge is 2.22. The monoisotopic (exact) mass is 258 g/mol. The van der Waals surface area contributed by atoms with E-state index in [2.05, 4.69) is 11.7 Å². The lowest BCUT2D eigenvalue weighted by Crippen LogP contribution is -2.28. The van der Waals surface area contributed by atoms with Gasteiger partial charge in [0.15, 0.2) is 6.10 Å². The summed E-state index contributed by atoms with van der Waals surface area (Å²) in [5, 5.41) is 0. The van der Waals surface area contributed by atoms with Gasteiger partial charge in [-0.25, -0.2) is 4.79 Å². The van der Waals surface area contributed by atoms with Crippen molar-refractivity contribution in [2.45, 2.75) is 71.3 Å². The molecule has 0 aromatic carbocycles. The summed E-state index contributed by atoms with van der Waals surface area (Å²) in [4.78, 5) is 22.9. The molecule has 1 unspecified atom stereocenters. The normalized spacial score (nSPS) is 11.9. The number of ether oxygens (including phenoxy) is 2. The molecule has 0 bridgehead atoms. The van der Waals surface area contributed by atoms with Crippen LogP contribution in [0.1, 0.15) is 65.2 Å². The minimum atomic E-state index is -0.726. The molecule has 0 heterocycles. The highest BCUT2D eigenvalue weighted by molar-refractivity contribution is 5.79. The Bertz CT molecular complexity index is 238. The van der Waals surface area contributed by atoms with Crippen molar-refractivity contribution in [3.63, 3.8) is 0 Å². The maximum absolute atomic E-state index is 11.5. The Morgan fingerprint density at radius 1 is 1.00 bits per heavy atom. The van der Waals surface area contributed by atoms with Gasteiger partial charge in [0.25, 0.3) is 0 Å². The zero-order valence-corrected chi connectivity index (χ0v) is 11.9. The first-order valence-electron chi connectivity index (χ1n) is 6.93. The van der Waals surface area contributed by atoms with Crippen LogP contribution in [-0.4, -0.2) is 25.2 Å². The maximum atomic E-state index is 11.5. The highest BCUT2D eigenvalue weighted by Crippen LogP contribution is 2.11. The number of unbranched alkanes of at least 4 members (excludes halogenated alkanes) is 4. The number of esters is 2. The van der Waals surface area contributed by atoms with E-state index >= 15 is 0 Å². The SMILES string of the molecule is CCCCCCCC(OC(=O)CCC)C(=O)OC. The molecule has 1 atom stereocenters. The van der Waals surface area contributed by atoms with Crippen LogP contribution in [0.25, 0.3) is 0 Å². The van der Waals surface area contributed by atoms with Crippen LogP contribution in [-0.2, 0) is 19.1 Å². The molecular weight excluding hydrogens is 232 g/mol. The van der Waals surface area contributed by atoms with E-state index in [1.807, 2.05) is 6.92 Å². The molecule has 0 aliphatic carbocycles. The number of methoxy groups -OCH3 is 1. The summed E-state index contributed by atoms with van der Waals surface area (Å²) in [7, 11) is 1.32. The Hall–Kier alpha value is -1.06. The Labute approximate surface area is 110 Å². The molecule has 0 rings (SSSR count). The molecule has 106 valence electrons. The Morgan fingerprint density at radius 3 is 2.22 bits per heavy atom. The Morgan fingerprint density at radius 2 is 1.67 bits per heavy atom. The van der Waals surface area contributed by atoms with Gasteiger partial charge in [-0.15, -0.1) is 0 Å². The van der Waals surface area contributed by atoms with Crippen molar-refractivity contribution < 1.29 is 19.1 Å². The summed E-state index contributed by atoms with van der Waals surface area (Å²) in [6, 6.07) is 0. The van der Waals surface area contributed by atoms with E-state index in [1.54, 1.807) is 0 Å². The van der Waals surface area contributed by atoms with Gasteiger partial charge in [0, 0.05) is 6.42 Å². The fourth-order valence-electron chi connectivity index (χ4n) is 1.71. The molecule has 0 radical (unpaired) electrons. The van der Waals surface area contributed by atoms with Crippen molar-refractivity contribution in [2.75, 3.05) is 7.11 Å². The molecule has 0 saturated heterocycles. The van der Waals surface area contributed by atoms with E-state index < -0.39 is 12.1 Å². The number of hydrogen-bond acceptors (Lipinski definition) is 4. The zero-order chi connectivity index (χ0) is 13.8. The summed E-state index contributed by atoms with van der Waals surface area (Å²) in [5.74, 6) is -0.767. The second-order valence-corrected chi connectivity index (χ2v) is 4.45. The first-order valence-corrected chi connectivity index (χ1v) is 6.93. The third-order valence-corrected chi connectivity index (χ3v) is 2.76. The topological polar surface area (TPSA) is 52.6 Å². The van der Waals surface area contributed by atoms with E-state index in [0.717, 1.165) is 25.7 Å². The molecule has 0 amide bonds. The summed E-state index contributed by atoms with van der Waals surface area (Å²) in [6.45, 7) is 4.06. The maximum Gasteiger partial charge on any atom is 0.347 e. The van der Waals surface area contributed by atoms with Crippen LogP contribution in [0.3, 0.4) is 0 Å². The second kappa shape index (κ2) is 11.1. The first kappa shape index (κ1) is 16.9. The smallest absolute Gasteiger partial charge is 0.347 e. The molecule has 0 aromatic heterocycles. The van der Waals surface area contributed by atoms with Crippen LogP contribution in [0.5, 0.6) is 0 Å². The zero-order valence-electron chi connectivity index (χ0n) is 11.9. The van der Waals surface area contributed by atoms with Crippen LogP contribution < -0.4 is 0 Å². The van der Waals surface area contributed by atoms with Gasteiger partial charge in [-0.3, -0.25) is 4.79 Å². The van der Waals surface area contributed by atoms with Crippen molar-refractivity contribution in [3.05, 3.63) is 0 Å². The molecule has 18 heavy (non-hydrogen) atoms. The van der Waals surface area contributed by atoms with E-state index in [9.17, 15) is 9.59 Å². The molecule has 0 saturated carbocycles. The van der Waals surface area contributed by atoms with E-state index in [-0.39, 0.29) is 5.97 Å². The second-order valence-electron chi connectivity index (χ2n) is 4.45. The van der Waals surface area contributed by atoms with E-state index in [1.165, 1.54) is 20.0 Å². The van der Waals surface area contributed by atoms with Crippen LogP contribution in [0, 0.1) is 0 Å². The number of hydrogen-bond donors (Lipinski definition) is 0. The molecular formula is C14H26O4. The summed E-state index contributed by atoms with van der Waals surface area (Å²) in [6.07, 6.45) is 6.41. The van der Waals surface area contributed by atoms with Gasteiger partial charge in [-0.1, -0.05) is 39.5 Å². The number of carbonyl (C=O) groups excluding carboxylic acids is 2. The minimum absolute atomic E-state index is 0.318. The lowest BCUT2D eigenvalue weighted by Gasteiger charge is -2.15. The van der Waals surface area contributed by atoms with Crippen LogP contribution in [0.15, 0.2) is 0 Å². The van der Waals surface area contributed by atoms with Crippen LogP contribution in [0.4, 0.5) is 0 Å². The van der Waals surface area contributed by atoms with Crippen LogP contribution in [0.2, 0.25) is 0 Å². The number of carbonyl (C=O) groups is 2. The summed E-state index contributed by atoms with van der Waals surface area (Å²) >= 11 is 0. The van der Waals surface area contributed by atoms with Crippen molar-refractivity contribution >= 4 is 11.9 Å². The first-order chi connectivity index (χ1) is 8.65. The molecule has 0 aromatic rings. The van der Waals surface area contributed by atoms with Gasteiger partial charge in [0.1, 0.15) is 0 Å². The van der Waals surface area contributed by atoms with Gasteiger partial charge >= 0.3 is 11.9 Å². The predicted molar refractivity (Wildman–Crippen MR) is 70.2 cm³/mol. The van der Waals surface area contributed by atoms with Gasteiger partial charge in [-0.2, -0.15) is 0 Å². The molecule has 0 fully saturated rings. The number of rotatable bonds is 10. The average Bonchev–Trinajstić information content (AvgIpc) is 2.36. The van der Waals surface area contributed by atoms with Crippen molar-refractivity contribution in [1.29, 1.82) is 0 Å². The third-order valence-electron chi connectivity index (χ3n) is 2.76. The quantitative estimate of drug-likeness (QED) is 0.446. The fraction of sp³-hybridized carbons (Fsp3) is 0.857. The standard InChI is InChI=1S/C14H26O4/c1-4-6-7-8-9-11-12(14(16)17-3)18-13(15)10-5-2/h12H,4-11H2,1-3H3. The largest absolute Gasteiger partial charge is 0.466 e. The van der Waals surface area contributed by atoms with Crippen molar-refractivity contribution in [1.82, 2.24) is 0 Å². The Kier molecular flexibility index (Phi) is 10.4.